The Labute approximate surface area is 308 Å². The third-order valence-electron chi connectivity index (χ3n) is 8.88. The summed E-state index contributed by atoms with van der Waals surface area (Å²) in [4.78, 5) is 33.2. The molecule has 0 spiro atoms. The van der Waals surface area contributed by atoms with E-state index < -0.39 is 0 Å². The number of hydrogen-bond donors (Lipinski definition) is 0. The largest absolute Gasteiger partial charge is 2.00 e. The second-order valence-electron chi connectivity index (χ2n) is 12.3. The number of carbonyl (C=O) groups excluding carboxylic acids is 1. The summed E-state index contributed by atoms with van der Waals surface area (Å²) in [6.07, 6.45) is 8.25. The molecule has 0 amide bonds. The molecule has 5 nitrogen and oxygen atoms in total. The van der Waals surface area contributed by atoms with Gasteiger partial charge in [0, 0.05) is 12.7 Å². The van der Waals surface area contributed by atoms with Crippen molar-refractivity contribution >= 4 is 63.2 Å². The first kappa shape index (κ1) is 33.4. The fraction of sp³-hybridized carbons (Fsp3) is 0.0930. The van der Waals surface area contributed by atoms with Crippen molar-refractivity contribution in [2.45, 2.75) is 26.5 Å². The SMILES string of the molecule is CC(=O)SCc1c2nc(c(-c3ccc(C)cc3)c3ccc([n-]3)c(-c3ccccc3)c3nc(c(-c4ccc(C)cc4)c4ccc1[n-]4)C=C3)C=C2.[Zn+2]. The van der Waals surface area contributed by atoms with Crippen molar-refractivity contribution in [2.24, 2.45) is 0 Å². The predicted molar refractivity (Wildman–Crippen MR) is 205 cm³/mol. The molecule has 8 bridgehead atoms. The van der Waals surface area contributed by atoms with Crippen molar-refractivity contribution < 1.29 is 24.3 Å². The summed E-state index contributed by atoms with van der Waals surface area (Å²) in [5.74, 6) is 0.453. The minimum Gasteiger partial charge on any atom is -0.657 e. The quantitative estimate of drug-likeness (QED) is 0.165. The van der Waals surface area contributed by atoms with E-state index in [9.17, 15) is 4.79 Å². The average Bonchev–Trinajstić information content (AvgIpc) is 3.94. The van der Waals surface area contributed by atoms with Crippen molar-refractivity contribution in [2.75, 3.05) is 0 Å². The third-order valence-corrected chi connectivity index (χ3v) is 9.72. The van der Waals surface area contributed by atoms with E-state index in [1.807, 2.05) is 30.3 Å². The van der Waals surface area contributed by atoms with Gasteiger partial charge in [0.25, 0.3) is 0 Å². The van der Waals surface area contributed by atoms with Crippen LogP contribution in [0, 0.1) is 13.8 Å². The Hall–Kier alpha value is -5.10. The standard InChI is InChI=1S/C43H32N4OS.Zn/c1-26-9-13-30(14-10-26)42-35-19-17-33(44-35)32(25-49-28(3)48)34-18-20-36(45-34)43(31-15-11-27(2)12-16-31)40-24-22-38(47-40)41(29-7-5-4-6-8-29)37-21-23-39(42)46-37;/h4-24H,25H2,1-3H3;/q-2;+2. The Kier molecular flexibility index (Phi) is 9.37. The first-order valence-corrected chi connectivity index (χ1v) is 17.3. The molecule has 5 heterocycles. The number of fused-ring (bicyclic) bond motifs is 8. The Bertz CT molecular complexity index is 2430. The van der Waals surface area contributed by atoms with Crippen LogP contribution in [0.2, 0.25) is 0 Å². The van der Waals surface area contributed by atoms with Gasteiger partial charge in [0.2, 0.25) is 0 Å². The van der Waals surface area contributed by atoms with E-state index in [0.29, 0.717) is 5.75 Å². The van der Waals surface area contributed by atoms with Gasteiger partial charge in [-0.25, -0.2) is 9.97 Å². The molecule has 7 heteroatoms. The minimum atomic E-state index is 0. The van der Waals surface area contributed by atoms with Crippen molar-refractivity contribution in [3.05, 3.63) is 143 Å². The summed E-state index contributed by atoms with van der Waals surface area (Å²) in [5, 5.41) is 0.0458. The zero-order valence-electron chi connectivity index (χ0n) is 28.1. The maximum Gasteiger partial charge on any atom is 2.00 e. The summed E-state index contributed by atoms with van der Waals surface area (Å²) in [6, 6.07) is 35.6. The van der Waals surface area contributed by atoms with Gasteiger partial charge >= 0.3 is 19.5 Å². The van der Waals surface area contributed by atoms with Crippen LogP contribution in [0.5, 0.6) is 0 Å². The van der Waals surface area contributed by atoms with E-state index in [1.54, 1.807) is 6.92 Å². The molecule has 0 N–H and O–H groups in total. The number of aromatic nitrogens is 4. The van der Waals surface area contributed by atoms with Gasteiger partial charge in [-0.1, -0.05) is 126 Å². The van der Waals surface area contributed by atoms with Gasteiger partial charge in [-0.05, 0) is 77.1 Å². The smallest absolute Gasteiger partial charge is 0.657 e. The normalized spacial score (nSPS) is 11.8. The van der Waals surface area contributed by atoms with Crippen LogP contribution < -0.4 is 9.97 Å². The number of benzene rings is 3. The second kappa shape index (κ2) is 14.0. The van der Waals surface area contributed by atoms with Gasteiger partial charge in [-0.15, -0.1) is 22.1 Å². The molecule has 0 radical (unpaired) electrons. The zero-order valence-corrected chi connectivity index (χ0v) is 31.9. The molecule has 0 saturated carbocycles. The number of aryl methyl sites for hydroxylation is 2. The van der Waals surface area contributed by atoms with E-state index in [4.69, 9.17) is 19.9 Å². The third kappa shape index (κ3) is 6.47. The van der Waals surface area contributed by atoms with Crippen LogP contribution in [0.25, 0.3) is 79.8 Å². The van der Waals surface area contributed by atoms with Crippen LogP contribution in [0.4, 0.5) is 0 Å². The first-order valence-electron chi connectivity index (χ1n) is 16.3. The van der Waals surface area contributed by atoms with Gasteiger partial charge < -0.3 is 9.97 Å². The molecule has 0 aliphatic carbocycles. The van der Waals surface area contributed by atoms with E-state index in [0.717, 1.165) is 83.8 Å². The Balaban J connectivity index is 0.00000392. The number of nitrogens with zero attached hydrogens (tertiary/aromatic N) is 4. The zero-order chi connectivity index (χ0) is 33.5. The molecule has 8 rings (SSSR count). The van der Waals surface area contributed by atoms with Gasteiger partial charge in [-0.3, -0.25) is 4.79 Å². The maximum absolute atomic E-state index is 12.2. The molecule has 0 saturated heterocycles. The van der Waals surface area contributed by atoms with Crippen LogP contribution in [-0.2, 0) is 30.0 Å². The second-order valence-corrected chi connectivity index (χ2v) is 13.5. The van der Waals surface area contributed by atoms with Gasteiger partial charge in [0.1, 0.15) is 0 Å². The summed E-state index contributed by atoms with van der Waals surface area (Å²) in [5.41, 5.74) is 15.8. The van der Waals surface area contributed by atoms with E-state index in [-0.39, 0.29) is 24.6 Å². The number of thioether (sulfide) groups is 1. The van der Waals surface area contributed by atoms with Crippen molar-refractivity contribution in [3.63, 3.8) is 0 Å². The monoisotopic (exact) mass is 716 g/mol. The van der Waals surface area contributed by atoms with E-state index >= 15 is 0 Å². The first-order chi connectivity index (χ1) is 23.9. The topological polar surface area (TPSA) is 71.1 Å². The number of hydrogen-bond acceptors (Lipinski definition) is 4. The molecule has 6 aromatic rings. The Morgan fingerprint density at radius 3 is 1.42 bits per heavy atom. The molecular weight excluding hydrogens is 686 g/mol. The van der Waals surface area contributed by atoms with Gasteiger partial charge in [-0.2, -0.15) is 0 Å². The summed E-state index contributed by atoms with van der Waals surface area (Å²) < 4.78 is 0. The van der Waals surface area contributed by atoms with Gasteiger partial charge in [0.05, 0.1) is 22.8 Å². The fourth-order valence-corrected chi connectivity index (χ4v) is 7.04. The molecule has 0 fully saturated rings. The molecule has 2 aliphatic heterocycles. The van der Waals surface area contributed by atoms with Crippen molar-refractivity contribution in [1.82, 2.24) is 19.9 Å². The summed E-state index contributed by atoms with van der Waals surface area (Å²) >= 11 is 1.27. The van der Waals surface area contributed by atoms with E-state index in [2.05, 4.69) is 111 Å². The van der Waals surface area contributed by atoms with E-state index in [1.165, 1.54) is 22.9 Å². The van der Waals surface area contributed by atoms with Gasteiger partial charge in [0.15, 0.2) is 5.12 Å². The predicted octanol–water partition coefficient (Wildman–Crippen LogP) is 10.3. The molecule has 0 unspecified atom stereocenters. The molecule has 3 aromatic heterocycles. The Morgan fingerprint density at radius 1 is 0.540 bits per heavy atom. The molecule has 3 aromatic carbocycles. The van der Waals surface area contributed by atoms with Crippen LogP contribution in [0.15, 0.2) is 103 Å². The van der Waals surface area contributed by atoms with Crippen LogP contribution in [-0.4, -0.2) is 15.1 Å². The van der Waals surface area contributed by atoms with Crippen LogP contribution >= 0.6 is 11.8 Å². The van der Waals surface area contributed by atoms with Crippen molar-refractivity contribution in [1.29, 1.82) is 0 Å². The Morgan fingerprint density at radius 2 is 0.940 bits per heavy atom. The molecule has 50 heavy (non-hydrogen) atoms. The molecule has 238 valence electrons. The number of rotatable bonds is 5. The fourth-order valence-electron chi connectivity index (χ4n) is 6.40. The minimum absolute atomic E-state index is 0. The molecular formula is C43H32N4OSZn. The average molecular weight is 718 g/mol. The number of carbonyl (C=O) groups is 1. The maximum atomic E-state index is 12.2. The van der Waals surface area contributed by atoms with Crippen LogP contribution in [0.3, 0.4) is 0 Å². The van der Waals surface area contributed by atoms with Crippen LogP contribution in [0.1, 0.15) is 46.4 Å². The summed E-state index contributed by atoms with van der Waals surface area (Å²) in [7, 11) is 0. The molecule has 0 atom stereocenters. The summed E-state index contributed by atoms with van der Waals surface area (Å²) in [6.45, 7) is 5.77. The molecule has 2 aliphatic rings. The van der Waals surface area contributed by atoms with Crippen molar-refractivity contribution in [3.8, 4) is 33.4 Å².